The second-order valence-corrected chi connectivity index (χ2v) is 6.77. The molecule has 0 saturated carbocycles. The van der Waals surface area contributed by atoms with E-state index in [0.29, 0.717) is 6.42 Å². The molecule has 1 aliphatic rings. The van der Waals surface area contributed by atoms with Gasteiger partial charge in [-0.3, -0.25) is 9.78 Å². The molecule has 1 fully saturated rings. The van der Waals surface area contributed by atoms with Crippen molar-refractivity contribution in [1.82, 2.24) is 15.6 Å². The Morgan fingerprint density at radius 3 is 2.48 bits per heavy atom. The topological polar surface area (TPSA) is 54.0 Å². The van der Waals surface area contributed by atoms with Gasteiger partial charge in [-0.1, -0.05) is 30.3 Å². The molecule has 1 aliphatic heterocycles. The molecule has 136 valence electrons. The molecule has 4 nitrogen and oxygen atoms in total. The molecule has 2 atom stereocenters. The largest absolute Gasteiger partial charge is 0.345 e. The third-order valence-electron chi connectivity index (χ3n) is 3.91. The van der Waals surface area contributed by atoms with E-state index >= 15 is 0 Å². The predicted molar refractivity (Wildman–Crippen MR) is 109 cm³/mol. The highest BCUT2D eigenvalue weighted by Gasteiger charge is 2.20. The fraction of sp³-hybridized carbons (Fsp3) is 0.333. The van der Waals surface area contributed by atoms with Gasteiger partial charge in [0.1, 0.15) is 0 Å². The maximum Gasteiger partial charge on any atom is 0.222 e. The summed E-state index contributed by atoms with van der Waals surface area (Å²) in [5.74, 6) is 2.20. The van der Waals surface area contributed by atoms with Crippen LogP contribution in [-0.4, -0.2) is 35.0 Å². The summed E-state index contributed by atoms with van der Waals surface area (Å²) in [6.45, 7) is 0.981. The summed E-state index contributed by atoms with van der Waals surface area (Å²) in [6.07, 6.45) is 4.04. The van der Waals surface area contributed by atoms with E-state index in [0.717, 1.165) is 29.2 Å². The van der Waals surface area contributed by atoms with Crippen LogP contribution >= 0.6 is 36.6 Å². The normalized spacial score (nSPS) is 17.5. The Hall–Kier alpha value is -1.27. The van der Waals surface area contributed by atoms with Crippen molar-refractivity contribution in [3.8, 4) is 0 Å². The van der Waals surface area contributed by atoms with Crippen LogP contribution in [0.15, 0.2) is 54.9 Å². The highest BCUT2D eigenvalue weighted by molar-refractivity contribution is 7.99. The molecule has 25 heavy (non-hydrogen) atoms. The van der Waals surface area contributed by atoms with Crippen LogP contribution in [0.5, 0.6) is 0 Å². The van der Waals surface area contributed by atoms with Crippen LogP contribution in [0, 0.1) is 0 Å². The van der Waals surface area contributed by atoms with E-state index < -0.39 is 0 Å². The van der Waals surface area contributed by atoms with E-state index in [-0.39, 0.29) is 42.8 Å². The lowest BCUT2D eigenvalue weighted by Gasteiger charge is -2.25. The fourth-order valence-electron chi connectivity index (χ4n) is 2.76. The maximum atomic E-state index is 12.5. The van der Waals surface area contributed by atoms with E-state index in [4.69, 9.17) is 0 Å². The number of hydrogen-bond donors (Lipinski definition) is 2. The van der Waals surface area contributed by atoms with E-state index in [9.17, 15) is 4.79 Å². The van der Waals surface area contributed by atoms with Crippen LogP contribution in [0.3, 0.4) is 0 Å². The Morgan fingerprint density at radius 2 is 1.84 bits per heavy atom. The number of rotatable bonds is 5. The van der Waals surface area contributed by atoms with Crippen LogP contribution < -0.4 is 10.6 Å². The number of benzene rings is 1. The Bertz CT molecular complexity index is 585. The molecule has 0 bridgehead atoms. The van der Waals surface area contributed by atoms with Crippen LogP contribution in [0.25, 0.3) is 0 Å². The van der Waals surface area contributed by atoms with Gasteiger partial charge in [-0.05, 0) is 23.3 Å². The van der Waals surface area contributed by atoms with Gasteiger partial charge in [0.2, 0.25) is 5.91 Å². The summed E-state index contributed by atoms with van der Waals surface area (Å²) < 4.78 is 0. The van der Waals surface area contributed by atoms with Gasteiger partial charge < -0.3 is 10.6 Å². The van der Waals surface area contributed by atoms with Gasteiger partial charge in [0, 0.05) is 42.9 Å². The van der Waals surface area contributed by atoms with Gasteiger partial charge in [-0.25, -0.2) is 0 Å². The second-order valence-electron chi connectivity index (χ2n) is 5.62. The number of aromatic nitrogens is 1. The first-order valence-corrected chi connectivity index (χ1v) is 9.04. The number of thioether (sulfide) groups is 1. The summed E-state index contributed by atoms with van der Waals surface area (Å²) in [6, 6.07) is 14.1. The third-order valence-corrected chi connectivity index (χ3v) is 5.04. The first-order valence-electron chi connectivity index (χ1n) is 7.88. The SMILES string of the molecule is Cl.Cl.O=C(CC1CSCCN1)NC(c1ccccc1)c1ccncc1. The van der Waals surface area contributed by atoms with Gasteiger partial charge in [0.05, 0.1) is 6.04 Å². The molecule has 2 unspecified atom stereocenters. The summed E-state index contributed by atoms with van der Waals surface area (Å²) >= 11 is 1.91. The molecule has 2 aromatic rings. The van der Waals surface area contributed by atoms with E-state index in [1.54, 1.807) is 12.4 Å². The number of nitrogens with one attached hydrogen (secondary N) is 2. The quantitative estimate of drug-likeness (QED) is 0.809. The predicted octanol–water partition coefficient (Wildman–Crippen LogP) is 3.23. The first-order chi connectivity index (χ1) is 11.3. The molecule has 1 aromatic heterocycles. The lowest BCUT2D eigenvalue weighted by Crippen LogP contribution is -2.42. The van der Waals surface area contributed by atoms with Crippen molar-refractivity contribution in [2.45, 2.75) is 18.5 Å². The van der Waals surface area contributed by atoms with Crippen molar-refractivity contribution < 1.29 is 4.79 Å². The Kier molecular flexibility index (Phi) is 9.90. The molecule has 2 heterocycles. The number of pyridine rings is 1. The van der Waals surface area contributed by atoms with Crippen molar-refractivity contribution in [3.05, 3.63) is 66.0 Å². The first kappa shape index (κ1) is 21.8. The summed E-state index contributed by atoms with van der Waals surface area (Å²) in [7, 11) is 0. The molecule has 1 amide bonds. The highest BCUT2D eigenvalue weighted by atomic mass is 35.5. The van der Waals surface area contributed by atoms with Crippen LogP contribution in [0.1, 0.15) is 23.6 Å². The van der Waals surface area contributed by atoms with Gasteiger partial charge in [-0.15, -0.1) is 24.8 Å². The van der Waals surface area contributed by atoms with Crippen LogP contribution in [0.2, 0.25) is 0 Å². The number of halogens is 2. The standard InChI is InChI=1S/C18H21N3OS.2ClH/c22-17(12-16-13-23-11-10-20-16)21-18(14-4-2-1-3-5-14)15-6-8-19-9-7-15;;/h1-9,16,18,20H,10-13H2,(H,21,22);2*1H. The minimum absolute atomic E-state index is 0. The minimum atomic E-state index is -0.136. The third kappa shape index (κ3) is 6.51. The molecule has 2 N–H and O–H groups in total. The Labute approximate surface area is 165 Å². The minimum Gasteiger partial charge on any atom is -0.345 e. The summed E-state index contributed by atoms with van der Waals surface area (Å²) in [4.78, 5) is 16.6. The number of nitrogens with zero attached hydrogens (tertiary/aromatic N) is 1. The van der Waals surface area contributed by atoms with Crippen molar-refractivity contribution in [2.24, 2.45) is 0 Å². The number of hydrogen-bond acceptors (Lipinski definition) is 4. The van der Waals surface area contributed by atoms with Crippen LogP contribution in [-0.2, 0) is 4.79 Å². The zero-order valence-electron chi connectivity index (χ0n) is 13.8. The highest BCUT2D eigenvalue weighted by Crippen LogP contribution is 2.21. The number of carbonyl (C=O) groups is 1. The average molecular weight is 400 g/mol. The molecule has 0 aliphatic carbocycles. The van der Waals surface area contributed by atoms with E-state index in [2.05, 4.69) is 15.6 Å². The molecular formula is C18H23Cl2N3OS. The summed E-state index contributed by atoms with van der Waals surface area (Å²) in [5.41, 5.74) is 2.13. The monoisotopic (exact) mass is 399 g/mol. The Balaban J connectivity index is 0.00000156. The second kappa shape index (κ2) is 11.4. The lowest BCUT2D eigenvalue weighted by atomic mass is 9.99. The van der Waals surface area contributed by atoms with E-state index in [1.807, 2.05) is 54.2 Å². The van der Waals surface area contributed by atoms with Gasteiger partial charge in [0.25, 0.3) is 0 Å². The molecule has 7 heteroatoms. The van der Waals surface area contributed by atoms with Crippen molar-refractivity contribution >= 4 is 42.5 Å². The molecule has 3 rings (SSSR count). The Morgan fingerprint density at radius 1 is 1.16 bits per heavy atom. The van der Waals surface area contributed by atoms with Gasteiger partial charge in [-0.2, -0.15) is 11.8 Å². The lowest BCUT2D eigenvalue weighted by molar-refractivity contribution is -0.122. The molecule has 0 spiro atoms. The maximum absolute atomic E-state index is 12.5. The molecular weight excluding hydrogens is 377 g/mol. The zero-order valence-corrected chi connectivity index (χ0v) is 16.2. The fourth-order valence-corrected chi connectivity index (χ4v) is 3.70. The van der Waals surface area contributed by atoms with E-state index in [1.165, 1.54) is 0 Å². The number of carbonyl (C=O) groups excluding carboxylic acids is 1. The molecule has 1 saturated heterocycles. The smallest absolute Gasteiger partial charge is 0.222 e. The van der Waals surface area contributed by atoms with Gasteiger partial charge >= 0.3 is 0 Å². The van der Waals surface area contributed by atoms with Gasteiger partial charge in [0.15, 0.2) is 0 Å². The molecule has 0 radical (unpaired) electrons. The average Bonchev–Trinajstić information content (AvgIpc) is 2.62. The van der Waals surface area contributed by atoms with Crippen molar-refractivity contribution in [2.75, 3.05) is 18.1 Å². The molecule has 1 aromatic carbocycles. The zero-order chi connectivity index (χ0) is 15.9. The van der Waals surface area contributed by atoms with Crippen molar-refractivity contribution in [1.29, 1.82) is 0 Å². The summed E-state index contributed by atoms with van der Waals surface area (Å²) in [5, 5.41) is 6.59. The van der Waals surface area contributed by atoms with Crippen molar-refractivity contribution in [3.63, 3.8) is 0 Å². The number of amides is 1. The van der Waals surface area contributed by atoms with Crippen LogP contribution in [0.4, 0.5) is 0 Å².